The number of aromatic hydroxyl groups is 1. The van der Waals surface area contributed by atoms with E-state index in [2.05, 4.69) is 0 Å². The normalized spacial score (nSPS) is 20.1. The molecule has 0 heterocycles. The Labute approximate surface area is 88.9 Å². The molecule has 1 aliphatic rings. The summed E-state index contributed by atoms with van der Waals surface area (Å²) >= 11 is 0. The van der Waals surface area contributed by atoms with Gasteiger partial charge in [-0.15, -0.1) is 0 Å². The first-order valence-corrected chi connectivity index (χ1v) is 5.40. The van der Waals surface area contributed by atoms with Crippen LogP contribution in [-0.4, -0.2) is 5.11 Å². The smallest absolute Gasteiger partial charge is 0.165 e. The Morgan fingerprint density at radius 3 is 2.53 bits per heavy atom. The van der Waals surface area contributed by atoms with Crippen molar-refractivity contribution in [2.75, 3.05) is 0 Å². The maximum atomic E-state index is 13.2. The SMILES string of the molecule is NC1(c2cccc(F)c2O)CCCCC1. The van der Waals surface area contributed by atoms with Gasteiger partial charge in [0.1, 0.15) is 0 Å². The molecule has 3 heteroatoms. The second kappa shape index (κ2) is 3.81. The van der Waals surface area contributed by atoms with E-state index in [1.165, 1.54) is 12.5 Å². The zero-order valence-electron chi connectivity index (χ0n) is 8.67. The predicted molar refractivity (Wildman–Crippen MR) is 57.0 cm³/mol. The van der Waals surface area contributed by atoms with Crippen molar-refractivity contribution in [3.8, 4) is 5.75 Å². The van der Waals surface area contributed by atoms with Crippen molar-refractivity contribution in [3.63, 3.8) is 0 Å². The van der Waals surface area contributed by atoms with Gasteiger partial charge < -0.3 is 10.8 Å². The summed E-state index contributed by atoms with van der Waals surface area (Å²) in [5.74, 6) is -0.857. The fourth-order valence-corrected chi connectivity index (χ4v) is 2.37. The van der Waals surface area contributed by atoms with Crippen LogP contribution in [0.2, 0.25) is 0 Å². The monoisotopic (exact) mass is 209 g/mol. The number of phenols is 1. The zero-order chi connectivity index (χ0) is 10.9. The van der Waals surface area contributed by atoms with Crippen LogP contribution in [0.1, 0.15) is 37.7 Å². The standard InChI is InChI=1S/C12H16FNO/c13-10-6-4-5-9(11(10)15)12(14)7-2-1-3-8-12/h4-6,15H,1-3,7-8,14H2. The summed E-state index contributed by atoms with van der Waals surface area (Å²) in [4.78, 5) is 0. The number of hydrogen-bond donors (Lipinski definition) is 2. The fourth-order valence-electron chi connectivity index (χ4n) is 2.37. The summed E-state index contributed by atoms with van der Waals surface area (Å²) in [6, 6.07) is 4.59. The molecule has 2 nitrogen and oxygen atoms in total. The van der Waals surface area contributed by atoms with Gasteiger partial charge in [0.2, 0.25) is 0 Å². The Bertz CT molecular complexity index is 359. The quantitative estimate of drug-likeness (QED) is 0.747. The molecule has 0 aromatic heterocycles. The summed E-state index contributed by atoms with van der Waals surface area (Å²) in [6.07, 6.45) is 4.92. The van der Waals surface area contributed by atoms with E-state index in [0.717, 1.165) is 25.7 Å². The number of nitrogens with two attached hydrogens (primary N) is 1. The average Bonchev–Trinajstić information content (AvgIpc) is 2.23. The van der Waals surface area contributed by atoms with Crippen LogP contribution in [0.25, 0.3) is 0 Å². The van der Waals surface area contributed by atoms with E-state index in [-0.39, 0.29) is 5.75 Å². The number of hydrogen-bond acceptors (Lipinski definition) is 2. The highest BCUT2D eigenvalue weighted by Crippen LogP contribution is 2.39. The van der Waals surface area contributed by atoms with E-state index >= 15 is 0 Å². The molecule has 82 valence electrons. The summed E-state index contributed by atoms with van der Waals surface area (Å²) in [7, 11) is 0. The highest BCUT2D eigenvalue weighted by atomic mass is 19.1. The van der Waals surface area contributed by atoms with E-state index in [1.54, 1.807) is 12.1 Å². The number of benzene rings is 1. The Morgan fingerprint density at radius 1 is 1.20 bits per heavy atom. The molecule has 0 atom stereocenters. The van der Waals surface area contributed by atoms with Gasteiger partial charge in [-0.25, -0.2) is 4.39 Å². The Hall–Kier alpha value is -1.09. The molecule has 1 saturated carbocycles. The maximum Gasteiger partial charge on any atom is 0.165 e. The van der Waals surface area contributed by atoms with Crippen molar-refractivity contribution in [3.05, 3.63) is 29.6 Å². The van der Waals surface area contributed by atoms with E-state index < -0.39 is 11.4 Å². The van der Waals surface area contributed by atoms with Gasteiger partial charge in [-0.05, 0) is 18.9 Å². The van der Waals surface area contributed by atoms with E-state index in [0.29, 0.717) is 5.56 Å². The van der Waals surface area contributed by atoms with Gasteiger partial charge in [-0.1, -0.05) is 31.4 Å². The Morgan fingerprint density at radius 2 is 1.87 bits per heavy atom. The molecule has 0 radical (unpaired) electrons. The Kier molecular flexibility index (Phi) is 2.65. The van der Waals surface area contributed by atoms with Crippen molar-refractivity contribution < 1.29 is 9.50 Å². The van der Waals surface area contributed by atoms with Gasteiger partial charge in [0, 0.05) is 11.1 Å². The van der Waals surface area contributed by atoms with Crippen LogP contribution in [0.15, 0.2) is 18.2 Å². The minimum atomic E-state index is -0.581. The van der Waals surface area contributed by atoms with Crippen LogP contribution in [0.4, 0.5) is 4.39 Å². The van der Waals surface area contributed by atoms with Gasteiger partial charge >= 0.3 is 0 Å². The second-order valence-corrected chi connectivity index (χ2v) is 4.35. The van der Waals surface area contributed by atoms with Gasteiger partial charge in [-0.3, -0.25) is 0 Å². The number of rotatable bonds is 1. The summed E-state index contributed by atoms with van der Waals surface area (Å²) < 4.78 is 13.2. The molecular weight excluding hydrogens is 193 g/mol. The molecule has 0 saturated heterocycles. The molecule has 1 fully saturated rings. The third kappa shape index (κ3) is 1.84. The topological polar surface area (TPSA) is 46.2 Å². The minimum absolute atomic E-state index is 0.276. The third-order valence-electron chi connectivity index (χ3n) is 3.27. The van der Waals surface area contributed by atoms with Crippen LogP contribution in [0.5, 0.6) is 5.75 Å². The number of phenolic OH excluding ortho intramolecular Hbond substituents is 1. The molecule has 0 unspecified atom stereocenters. The molecule has 1 aliphatic carbocycles. The summed E-state index contributed by atoms with van der Waals surface area (Å²) in [6.45, 7) is 0. The minimum Gasteiger partial charge on any atom is -0.505 e. The molecule has 1 aromatic carbocycles. The molecular formula is C12H16FNO. The molecule has 0 amide bonds. The molecule has 1 aromatic rings. The lowest BCUT2D eigenvalue weighted by atomic mass is 9.77. The van der Waals surface area contributed by atoms with Crippen LogP contribution in [0, 0.1) is 5.82 Å². The first-order valence-electron chi connectivity index (χ1n) is 5.40. The highest BCUT2D eigenvalue weighted by molar-refractivity contribution is 5.39. The molecule has 0 spiro atoms. The first kappa shape index (κ1) is 10.4. The first-order chi connectivity index (χ1) is 7.13. The lowest BCUT2D eigenvalue weighted by Crippen LogP contribution is -2.38. The van der Waals surface area contributed by atoms with Gasteiger partial charge in [0.05, 0.1) is 0 Å². The molecule has 2 rings (SSSR count). The van der Waals surface area contributed by atoms with Crippen LogP contribution < -0.4 is 5.73 Å². The number of halogens is 1. The molecule has 0 bridgehead atoms. The summed E-state index contributed by atoms with van der Waals surface area (Å²) in [5.41, 5.74) is 6.24. The van der Waals surface area contributed by atoms with Crippen LogP contribution in [-0.2, 0) is 5.54 Å². The highest BCUT2D eigenvalue weighted by Gasteiger charge is 2.32. The van der Waals surface area contributed by atoms with Crippen molar-refractivity contribution in [1.82, 2.24) is 0 Å². The lowest BCUT2D eigenvalue weighted by molar-refractivity contribution is 0.288. The van der Waals surface area contributed by atoms with E-state index in [9.17, 15) is 9.50 Å². The number of para-hydroxylation sites is 1. The molecule has 3 N–H and O–H groups in total. The predicted octanol–water partition coefficient (Wildman–Crippen LogP) is 2.65. The van der Waals surface area contributed by atoms with Crippen molar-refractivity contribution >= 4 is 0 Å². The summed E-state index contributed by atoms with van der Waals surface area (Å²) in [5, 5.41) is 9.66. The van der Waals surface area contributed by atoms with Gasteiger partial charge in [0.25, 0.3) is 0 Å². The van der Waals surface area contributed by atoms with Crippen LogP contribution >= 0.6 is 0 Å². The molecule has 15 heavy (non-hydrogen) atoms. The van der Waals surface area contributed by atoms with Crippen molar-refractivity contribution in [2.45, 2.75) is 37.6 Å². The third-order valence-corrected chi connectivity index (χ3v) is 3.27. The van der Waals surface area contributed by atoms with Crippen LogP contribution in [0.3, 0.4) is 0 Å². The van der Waals surface area contributed by atoms with Crippen molar-refractivity contribution in [2.24, 2.45) is 5.73 Å². The largest absolute Gasteiger partial charge is 0.505 e. The molecule has 0 aliphatic heterocycles. The van der Waals surface area contributed by atoms with Gasteiger partial charge in [0.15, 0.2) is 11.6 Å². The van der Waals surface area contributed by atoms with Crippen molar-refractivity contribution in [1.29, 1.82) is 0 Å². The fraction of sp³-hybridized carbons (Fsp3) is 0.500. The average molecular weight is 209 g/mol. The Balaban J connectivity index is 2.39. The zero-order valence-corrected chi connectivity index (χ0v) is 8.67. The van der Waals surface area contributed by atoms with E-state index in [4.69, 9.17) is 5.73 Å². The second-order valence-electron chi connectivity index (χ2n) is 4.35. The van der Waals surface area contributed by atoms with Gasteiger partial charge in [-0.2, -0.15) is 0 Å². The van der Waals surface area contributed by atoms with E-state index in [1.807, 2.05) is 0 Å². The lowest BCUT2D eigenvalue weighted by Gasteiger charge is -2.34. The maximum absolute atomic E-state index is 13.2.